The van der Waals surface area contributed by atoms with Crippen LogP contribution in [0.4, 0.5) is 18.9 Å². The summed E-state index contributed by atoms with van der Waals surface area (Å²) in [4.78, 5) is 18.9. The van der Waals surface area contributed by atoms with E-state index in [1.54, 1.807) is 50.4 Å². The number of amides is 1. The number of sulfonamides is 1. The van der Waals surface area contributed by atoms with E-state index in [9.17, 15) is 26.4 Å². The van der Waals surface area contributed by atoms with Gasteiger partial charge in [-0.15, -0.1) is 0 Å². The molecule has 0 unspecified atom stereocenters. The van der Waals surface area contributed by atoms with Crippen LogP contribution in [-0.4, -0.2) is 52.1 Å². The highest BCUT2D eigenvalue weighted by molar-refractivity contribution is 7.89. The fourth-order valence-corrected chi connectivity index (χ4v) is 7.03. The number of hydrogen-bond donors (Lipinski definition) is 0. The summed E-state index contributed by atoms with van der Waals surface area (Å²) >= 11 is 0. The number of carbonyl (C=O) groups excluding carboxylic acids is 1. The van der Waals surface area contributed by atoms with Crippen molar-refractivity contribution in [3.63, 3.8) is 0 Å². The zero-order chi connectivity index (χ0) is 30.8. The molecule has 0 saturated carbocycles. The van der Waals surface area contributed by atoms with Gasteiger partial charge in [-0.2, -0.15) is 22.6 Å². The Bertz CT molecular complexity index is 1990. The molecule has 6 rings (SSSR count). The molecule has 15 heteroatoms. The summed E-state index contributed by atoms with van der Waals surface area (Å²) in [5.41, 5.74) is 1.03. The van der Waals surface area contributed by atoms with Gasteiger partial charge in [0.05, 0.1) is 11.4 Å². The Kier molecular flexibility index (Phi) is 6.69. The first-order valence-electron chi connectivity index (χ1n) is 13.1. The number of oxazole rings is 1. The van der Waals surface area contributed by atoms with Crippen LogP contribution in [-0.2, 0) is 29.2 Å². The molecular formula is C28H25F3N6O5S. The Balaban J connectivity index is 1.35. The van der Waals surface area contributed by atoms with Crippen LogP contribution in [0.1, 0.15) is 44.7 Å². The van der Waals surface area contributed by atoms with E-state index in [-0.39, 0.29) is 51.8 Å². The second-order valence-corrected chi connectivity index (χ2v) is 12.1. The summed E-state index contributed by atoms with van der Waals surface area (Å²) < 4.78 is 82.0. The van der Waals surface area contributed by atoms with Gasteiger partial charge in [0.2, 0.25) is 10.0 Å². The van der Waals surface area contributed by atoms with Crippen LogP contribution in [0.25, 0.3) is 16.8 Å². The summed E-state index contributed by atoms with van der Waals surface area (Å²) in [6, 6.07) is 11.2. The second-order valence-electron chi connectivity index (χ2n) is 10.2. The predicted octanol–water partition coefficient (Wildman–Crippen LogP) is 4.97. The molecule has 0 radical (unpaired) electrons. The van der Waals surface area contributed by atoms with Crippen LogP contribution in [0, 0.1) is 20.8 Å². The first-order chi connectivity index (χ1) is 20.3. The Morgan fingerprint density at radius 1 is 1.09 bits per heavy atom. The first-order valence-corrected chi connectivity index (χ1v) is 14.6. The molecule has 1 aliphatic rings. The first kappa shape index (κ1) is 28.6. The lowest BCUT2D eigenvalue weighted by Gasteiger charge is -2.27. The van der Waals surface area contributed by atoms with Crippen LogP contribution in [0.15, 0.2) is 56.3 Å². The number of aryl methyl sites for hydroxylation is 3. The van der Waals surface area contributed by atoms with Crippen molar-refractivity contribution in [1.29, 1.82) is 0 Å². The summed E-state index contributed by atoms with van der Waals surface area (Å²) in [7, 11) is -2.62. The van der Waals surface area contributed by atoms with Crippen LogP contribution in [0.5, 0.6) is 0 Å². The number of benzene rings is 2. The topological polar surface area (TPSA) is 128 Å². The lowest BCUT2D eigenvalue weighted by atomic mass is 10.1. The minimum atomic E-state index is -4.85. The minimum absolute atomic E-state index is 0.0459. The number of alkyl halides is 3. The van der Waals surface area contributed by atoms with Gasteiger partial charge in [-0.3, -0.25) is 4.79 Å². The van der Waals surface area contributed by atoms with E-state index in [1.807, 2.05) is 0 Å². The number of rotatable bonds is 5. The standard InChI is InChI=1S/C28H25F3N6O5S/c1-15-25(16(2)42-34-15)43(39,40)36-11-10-23-21(14-36)26(28(29,30)31)33-37(23)20-7-5-6-18(12-20)27(38)35(4)19-8-9-22-24(13-19)41-17(3)32-22/h5-9,12-13H,10-11,14H2,1-4H3. The maximum Gasteiger partial charge on any atom is 0.435 e. The normalized spacial score (nSPS) is 14.3. The molecule has 0 atom stereocenters. The SMILES string of the molecule is Cc1nc2ccc(N(C)C(=O)c3cccc(-n4nc(C(F)(F)F)c5c4CCN(S(=O)(=O)c4c(C)noc4C)C5)c3)cc2o1. The molecule has 11 nitrogen and oxygen atoms in total. The summed E-state index contributed by atoms with van der Waals surface area (Å²) in [5, 5.41) is 7.56. The molecule has 0 N–H and O–H groups in total. The van der Waals surface area contributed by atoms with Crippen molar-refractivity contribution in [2.75, 3.05) is 18.5 Å². The van der Waals surface area contributed by atoms with Crippen LogP contribution < -0.4 is 4.90 Å². The molecule has 43 heavy (non-hydrogen) atoms. The highest BCUT2D eigenvalue weighted by Crippen LogP contribution is 2.38. The molecule has 1 amide bonds. The summed E-state index contributed by atoms with van der Waals surface area (Å²) in [6.07, 6.45) is -4.90. The number of carbonyl (C=O) groups is 1. The van der Waals surface area contributed by atoms with E-state index in [2.05, 4.69) is 15.2 Å². The zero-order valence-corrected chi connectivity index (χ0v) is 24.2. The number of anilines is 1. The smallest absolute Gasteiger partial charge is 0.435 e. The van der Waals surface area contributed by atoms with E-state index in [4.69, 9.17) is 8.94 Å². The van der Waals surface area contributed by atoms with Gasteiger partial charge in [-0.05, 0) is 44.2 Å². The van der Waals surface area contributed by atoms with Gasteiger partial charge in [-0.1, -0.05) is 11.2 Å². The number of nitrogens with zero attached hydrogens (tertiary/aromatic N) is 6. The molecule has 0 bridgehead atoms. The van der Waals surface area contributed by atoms with Gasteiger partial charge in [0, 0.05) is 56.4 Å². The Morgan fingerprint density at radius 3 is 2.56 bits per heavy atom. The van der Waals surface area contributed by atoms with E-state index in [1.165, 1.54) is 24.8 Å². The van der Waals surface area contributed by atoms with Crippen molar-refractivity contribution in [3.8, 4) is 5.69 Å². The molecule has 0 fully saturated rings. The lowest BCUT2D eigenvalue weighted by Crippen LogP contribution is -2.37. The highest BCUT2D eigenvalue weighted by Gasteiger charge is 2.43. The average molecular weight is 615 g/mol. The lowest BCUT2D eigenvalue weighted by molar-refractivity contribution is -0.142. The molecule has 2 aromatic carbocycles. The van der Waals surface area contributed by atoms with Crippen molar-refractivity contribution in [3.05, 3.63) is 82.3 Å². The Morgan fingerprint density at radius 2 is 1.86 bits per heavy atom. The third-order valence-corrected chi connectivity index (χ3v) is 9.46. The third kappa shape index (κ3) is 4.87. The monoisotopic (exact) mass is 614 g/mol. The number of hydrogen-bond acceptors (Lipinski definition) is 8. The molecular weight excluding hydrogens is 589 g/mol. The van der Waals surface area contributed by atoms with E-state index in [0.717, 1.165) is 8.99 Å². The van der Waals surface area contributed by atoms with Gasteiger partial charge in [0.1, 0.15) is 16.1 Å². The van der Waals surface area contributed by atoms with Crippen molar-refractivity contribution in [2.45, 2.75) is 44.8 Å². The second kappa shape index (κ2) is 10.1. The molecule has 0 aliphatic carbocycles. The van der Waals surface area contributed by atoms with Crippen LogP contribution in [0.2, 0.25) is 0 Å². The van der Waals surface area contributed by atoms with E-state index in [0.29, 0.717) is 22.7 Å². The van der Waals surface area contributed by atoms with Gasteiger partial charge in [0.25, 0.3) is 5.91 Å². The van der Waals surface area contributed by atoms with Crippen LogP contribution >= 0.6 is 0 Å². The summed E-state index contributed by atoms with van der Waals surface area (Å²) in [5.74, 6) is 0.127. The molecule has 3 aromatic heterocycles. The minimum Gasteiger partial charge on any atom is -0.441 e. The van der Waals surface area contributed by atoms with E-state index < -0.39 is 34.3 Å². The fraction of sp³-hybridized carbons (Fsp3) is 0.286. The maximum absolute atomic E-state index is 14.2. The Hall–Kier alpha value is -4.50. The molecule has 4 heterocycles. The predicted molar refractivity (Wildman–Crippen MR) is 147 cm³/mol. The third-order valence-electron chi connectivity index (χ3n) is 7.37. The van der Waals surface area contributed by atoms with Crippen molar-refractivity contribution < 1.29 is 35.3 Å². The molecule has 5 aromatic rings. The Labute approximate surface area is 243 Å². The van der Waals surface area contributed by atoms with Crippen molar-refractivity contribution >= 4 is 32.7 Å². The number of halogens is 3. The average Bonchev–Trinajstić information content (AvgIpc) is 3.64. The summed E-state index contributed by atoms with van der Waals surface area (Å²) in [6.45, 7) is 3.97. The number of fused-ring (bicyclic) bond motifs is 2. The molecule has 1 aliphatic heterocycles. The quantitative estimate of drug-likeness (QED) is 0.272. The van der Waals surface area contributed by atoms with Gasteiger partial charge in [0.15, 0.2) is 22.9 Å². The molecule has 0 spiro atoms. The molecule has 224 valence electrons. The van der Waals surface area contributed by atoms with Gasteiger partial charge < -0.3 is 13.8 Å². The zero-order valence-electron chi connectivity index (χ0n) is 23.4. The maximum atomic E-state index is 14.2. The van der Waals surface area contributed by atoms with E-state index >= 15 is 0 Å². The van der Waals surface area contributed by atoms with Gasteiger partial charge >= 0.3 is 6.18 Å². The highest BCUT2D eigenvalue weighted by atomic mass is 32.2. The van der Waals surface area contributed by atoms with Crippen molar-refractivity contribution in [1.82, 2.24) is 24.2 Å². The largest absolute Gasteiger partial charge is 0.441 e. The van der Waals surface area contributed by atoms with Crippen molar-refractivity contribution in [2.24, 2.45) is 0 Å². The van der Waals surface area contributed by atoms with Gasteiger partial charge in [-0.25, -0.2) is 18.1 Å². The number of aromatic nitrogens is 4. The fourth-order valence-electron chi connectivity index (χ4n) is 5.33. The van der Waals surface area contributed by atoms with Crippen LogP contribution in [0.3, 0.4) is 0 Å². The molecule has 0 saturated heterocycles.